The highest BCUT2D eigenvalue weighted by Gasteiger charge is 2.05. The molecule has 0 amide bonds. The second-order valence-corrected chi connectivity index (χ2v) is 3.08. The van der Waals surface area contributed by atoms with Crippen molar-refractivity contribution in [2.24, 2.45) is 10.8 Å². The molecule has 1 aromatic rings. The van der Waals surface area contributed by atoms with Crippen molar-refractivity contribution in [1.82, 2.24) is 20.4 Å². The summed E-state index contributed by atoms with van der Waals surface area (Å²) in [7, 11) is 3.61. The quantitative estimate of drug-likeness (QED) is 0.351. The number of hydrogen-bond acceptors (Lipinski definition) is 5. The number of H-pyrrole nitrogens is 1. The molecule has 1 aromatic heterocycles. The molecule has 1 rings (SSSR count). The van der Waals surface area contributed by atoms with Gasteiger partial charge in [-0.3, -0.25) is 0 Å². The number of hydrazone groups is 1. The van der Waals surface area contributed by atoms with Crippen LogP contribution in [0.25, 0.3) is 0 Å². The topological polar surface area (TPSA) is 95.2 Å². The van der Waals surface area contributed by atoms with Gasteiger partial charge in [0.15, 0.2) is 10.9 Å². The fourth-order valence-corrected chi connectivity index (χ4v) is 0.805. The SMILES string of the molecule is CN(C)/N=C/c1n[nH]nc1NC(N)=S. The van der Waals surface area contributed by atoms with Gasteiger partial charge in [0.2, 0.25) is 0 Å². The Kier molecular flexibility index (Phi) is 3.35. The van der Waals surface area contributed by atoms with Crippen LogP contribution >= 0.6 is 12.2 Å². The smallest absolute Gasteiger partial charge is 0.183 e. The number of aromatic amines is 1. The molecular weight excluding hydrogens is 202 g/mol. The highest BCUT2D eigenvalue weighted by molar-refractivity contribution is 7.80. The summed E-state index contributed by atoms with van der Waals surface area (Å²) < 4.78 is 0. The normalized spacial score (nSPS) is 10.4. The zero-order valence-corrected chi connectivity index (χ0v) is 8.67. The number of anilines is 1. The van der Waals surface area contributed by atoms with Crippen molar-refractivity contribution in [3.63, 3.8) is 0 Å². The Balaban J connectivity index is 2.77. The van der Waals surface area contributed by atoms with Crippen molar-refractivity contribution in [3.8, 4) is 0 Å². The zero-order valence-electron chi connectivity index (χ0n) is 7.85. The first-order valence-electron chi connectivity index (χ1n) is 3.78. The second-order valence-electron chi connectivity index (χ2n) is 2.64. The van der Waals surface area contributed by atoms with Crippen LogP contribution in [0.2, 0.25) is 0 Å². The summed E-state index contributed by atoms with van der Waals surface area (Å²) in [5, 5.41) is 18.5. The molecule has 8 heteroatoms. The van der Waals surface area contributed by atoms with Crippen LogP contribution in [0, 0.1) is 0 Å². The van der Waals surface area contributed by atoms with Crippen molar-refractivity contribution >= 4 is 29.4 Å². The fourth-order valence-electron chi connectivity index (χ4n) is 0.708. The fraction of sp³-hybridized carbons (Fsp3) is 0.333. The Hall–Kier alpha value is -1.70. The maximum atomic E-state index is 5.29. The molecular formula is C6H11N7S. The minimum absolute atomic E-state index is 0.137. The predicted octanol–water partition coefficient (Wildman–Crippen LogP) is -0.644. The summed E-state index contributed by atoms with van der Waals surface area (Å²) in [5.74, 6) is 0.461. The van der Waals surface area contributed by atoms with E-state index in [0.717, 1.165) is 0 Å². The number of nitrogens with zero attached hydrogens (tertiary/aromatic N) is 4. The van der Waals surface area contributed by atoms with Crippen molar-refractivity contribution < 1.29 is 0 Å². The van der Waals surface area contributed by atoms with Crippen molar-refractivity contribution in [1.29, 1.82) is 0 Å². The highest BCUT2D eigenvalue weighted by Crippen LogP contribution is 2.03. The van der Waals surface area contributed by atoms with Crippen LogP contribution in [-0.4, -0.2) is 45.8 Å². The Labute approximate surface area is 86.4 Å². The molecule has 0 radical (unpaired) electrons. The summed E-state index contributed by atoms with van der Waals surface area (Å²) in [6, 6.07) is 0. The van der Waals surface area contributed by atoms with E-state index in [1.165, 1.54) is 0 Å². The van der Waals surface area contributed by atoms with E-state index in [9.17, 15) is 0 Å². The van der Waals surface area contributed by atoms with E-state index in [0.29, 0.717) is 11.5 Å². The minimum Gasteiger partial charge on any atom is -0.376 e. The van der Waals surface area contributed by atoms with E-state index in [2.05, 4.69) is 38.0 Å². The molecule has 76 valence electrons. The van der Waals surface area contributed by atoms with Gasteiger partial charge in [-0.05, 0) is 12.2 Å². The van der Waals surface area contributed by atoms with Gasteiger partial charge in [0.05, 0.1) is 6.21 Å². The lowest BCUT2D eigenvalue weighted by Crippen LogP contribution is -2.20. The van der Waals surface area contributed by atoms with E-state index in [1.807, 2.05) is 0 Å². The van der Waals surface area contributed by atoms with Gasteiger partial charge in [0.1, 0.15) is 5.69 Å². The van der Waals surface area contributed by atoms with Crippen LogP contribution in [0.5, 0.6) is 0 Å². The number of rotatable bonds is 3. The van der Waals surface area contributed by atoms with E-state index < -0.39 is 0 Å². The largest absolute Gasteiger partial charge is 0.376 e. The first-order chi connectivity index (χ1) is 6.59. The van der Waals surface area contributed by atoms with Gasteiger partial charge in [-0.1, -0.05) is 0 Å². The van der Waals surface area contributed by atoms with Crippen LogP contribution in [0.1, 0.15) is 5.69 Å². The first-order valence-corrected chi connectivity index (χ1v) is 4.19. The molecule has 0 spiro atoms. The van der Waals surface area contributed by atoms with Crippen molar-refractivity contribution in [2.75, 3.05) is 19.4 Å². The van der Waals surface area contributed by atoms with Crippen LogP contribution in [0.4, 0.5) is 5.82 Å². The average Bonchev–Trinajstić information content (AvgIpc) is 2.47. The lowest BCUT2D eigenvalue weighted by atomic mass is 10.5. The lowest BCUT2D eigenvalue weighted by molar-refractivity contribution is 0.440. The van der Waals surface area contributed by atoms with E-state index in [-0.39, 0.29) is 5.11 Å². The summed E-state index contributed by atoms with van der Waals surface area (Å²) in [6.07, 6.45) is 1.55. The molecule has 0 aliphatic rings. The van der Waals surface area contributed by atoms with Crippen molar-refractivity contribution in [2.45, 2.75) is 0 Å². The Bertz CT molecular complexity index is 342. The summed E-state index contributed by atoms with van der Waals surface area (Å²) in [6.45, 7) is 0. The Morgan fingerprint density at radius 2 is 2.36 bits per heavy atom. The molecule has 14 heavy (non-hydrogen) atoms. The molecule has 0 saturated carbocycles. The van der Waals surface area contributed by atoms with Crippen molar-refractivity contribution in [3.05, 3.63) is 5.69 Å². The van der Waals surface area contributed by atoms with E-state index in [4.69, 9.17) is 5.73 Å². The third-order valence-electron chi connectivity index (χ3n) is 1.23. The molecule has 7 nitrogen and oxygen atoms in total. The zero-order chi connectivity index (χ0) is 10.6. The maximum absolute atomic E-state index is 5.29. The predicted molar refractivity (Wildman–Crippen MR) is 58.1 cm³/mol. The molecule has 4 N–H and O–H groups in total. The molecule has 1 heterocycles. The molecule has 0 unspecified atom stereocenters. The molecule has 0 aliphatic carbocycles. The minimum atomic E-state index is 0.137. The number of thiocarbonyl (C=S) groups is 1. The lowest BCUT2D eigenvalue weighted by Gasteiger charge is -2.02. The Morgan fingerprint density at radius 1 is 1.64 bits per heavy atom. The van der Waals surface area contributed by atoms with E-state index in [1.54, 1.807) is 25.3 Å². The van der Waals surface area contributed by atoms with Gasteiger partial charge < -0.3 is 16.1 Å². The summed E-state index contributed by atoms with van der Waals surface area (Å²) in [4.78, 5) is 0. The summed E-state index contributed by atoms with van der Waals surface area (Å²) >= 11 is 4.67. The van der Waals surface area contributed by atoms with Gasteiger partial charge in [0, 0.05) is 14.1 Å². The van der Waals surface area contributed by atoms with Gasteiger partial charge in [-0.25, -0.2) is 0 Å². The number of hydrogen-bond donors (Lipinski definition) is 3. The molecule has 0 bridgehead atoms. The molecule has 0 aliphatic heterocycles. The number of nitrogens with two attached hydrogens (primary N) is 1. The maximum Gasteiger partial charge on any atom is 0.183 e. The summed E-state index contributed by atoms with van der Waals surface area (Å²) in [5.41, 5.74) is 5.84. The first kappa shape index (κ1) is 10.4. The van der Waals surface area contributed by atoms with Gasteiger partial charge in [0.25, 0.3) is 0 Å². The standard InChI is InChI=1S/C6H11N7S/c1-13(2)8-3-4-5(9-6(7)14)11-12-10-4/h3H,1-2H3,(H4,7,9,10,11,12,14)/b8-3+. The monoisotopic (exact) mass is 213 g/mol. The van der Waals surface area contributed by atoms with E-state index >= 15 is 0 Å². The number of aromatic nitrogens is 3. The number of nitrogens with one attached hydrogen (secondary N) is 2. The van der Waals surface area contributed by atoms with Gasteiger partial charge >= 0.3 is 0 Å². The Morgan fingerprint density at radius 3 is 2.93 bits per heavy atom. The highest BCUT2D eigenvalue weighted by atomic mass is 32.1. The molecule has 0 aromatic carbocycles. The third-order valence-corrected chi connectivity index (χ3v) is 1.33. The molecule has 0 saturated heterocycles. The van der Waals surface area contributed by atoms with Crippen LogP contribution in [0.15, 0.2) is 5.10 Å². The van der Waals surface area contributed by atoms with Crippen LogP contribution in [0.3, 0.4) is 0 Å². The third kappa shape index (κ3) is 2.98. The second kappa shape index (κ2) is 4.51. The van der Waals surface area contributed by atoms with Crippen LogP contribution in [-0.2, 0) is 0 Å². The van der Waals surface area contributed by atoms with Gasteiger partial charge in [-0.15, -0.1) is 5.10 Å². The molecule has 0 atom stereocenters. The average molecular weight is 213 g/mol. The molecule has 0 fully saturated rings. The van der Waals surface area contributed by atoms with Gasteiger partial charge in [-0.2, -0.15) is 15.4 Å². The van der Waals surface area contributed by atoms with Crippen LogP contribution < -0.4 is 11.1 Å².